The molecule has 0 saturated carbocycles. The minimum atomic E-state index is -0.604. The smallest absolute Gasteiger partial charge is 0.247 e. The number of nitrogens with zero attached hydrogens (tertiary/aromatic N) is 2. The number of amides is 1. The van der Waals surface area contributed by atoms with E-state index in [2.05, 4.69) is 4.98 Å². The van der Waals surface area contributed by atoms with Crippen LogP contribution in [-0.4, -0.2) is 30.6 Å². The SMILES string of the molecule is CN1C(=O)[C@@H](N)COc2cnccc21.Cl. The average molecular weight is 230 g/mol. The number of likely N-dealkylation sites (N-methyl/N-ethyl adjacent to an activating group) is 1. The monoisotopic (exact) mass is 229 g/mol. The number of ether oxygens (including phenoxy) is 1. The third-order valence-electron chi connectivity index (χ3n) is 2.19. The van der Waals surface area contributed by atoms with Gasteiger partial charge in [0.05, 0.1) is 11.9 Å². The van der Waals surface area contributed by atoms with Crippen molar-refractivity contribution < 1.29 is 9.53 Å². The molecule has 0 aromatic carbocycles. The predicted molar refractivity (Wildman–Crippen MR) is 58.4 cm³/mol. The molecule has 1 atom stereocenters. The Morgan fingerprint density at radius 1 is 1.67 bits per heavy atom. The van der Waals surface area contributed by atoms with Crippen LogP contribution in [0.3, 0.4) is 0 Å². The molecule has 0 spiro atoms. The Labute approximate surface area is 93.6 Å². The number of carbonyl (C=O) groups is 1. The highest BCUT2D eigenvalue weighted by Crippen LogP contribution is 2.28. The van der Waals surface area contributed by atoms with Crippen molar-refractivity contribution in [2.45, 2.75) is 6.04 Å². The number of nitrogens with two attached hydrogens (primary N) is 1. The van der Waals surface area contributed by atoms with Crippen LogP contribution in [0.5, 0.6) is 5.75 Å². The highest BCUT2D eigenvalue weighted by Gasteiger charge is 2.26. The minimum Gasteiger partial charge on any atom is -0.488 e. The number of rotatable bonds is 0. The summed E-state index contributed by atoms with van der Waals surface area (Å²) < 4.78 is 5.35. The standard InChI is InChI=1S/C9H11N3O2.ClH/c1-12-7-2-3-11-4-8(7)14-5-6(10)9(12)13;/h2-4,6H,5,10H2,1H3;1H/t6-;/m0./s1. The second kappa shape index (κ2) is 4.46. The number of hydrogen-bond acceptors (Lipinski definition) is 4. The van der Waals surface area contributed by atoms with E-state index in [-0.39, 0.29) is 24.9 Å². The van der Waals surface area contributed by atoms with E-state index in [9.17, 15) is 4.79 Å². The van der Waals surface area contributed by atoms with E-state index >= 15 is 0 Å². The van der Waals surface area contributed by atoms with Crippen molar-refractivity contribution in [1.29, 1.82) is 0 Å². The Bertz CT molecular complexity index is 372. The quantitative estimate of drug-likeness (QED) is 0.690. The molecule has 82 valence electrons. The number of anilines is 1. The van der Waals surface area contributed by atoms with Crippen LogP contribution in [0.1, 0.15) is 0 Å². The second-order valence-corrected chi connectivity index (χ2v) is 3.16. The van der Waals surface area contributed by atoms with Crippen molar-refractivity contribution in [2.75, 3.05) is 18.6 Å². The molecular weight excluding hydrogens is 218 g/mol. The van der Waals surface area contributed by atoms with Crippen LogP contribution in [-0.2, 0) is 4.79 Å². The first-order valence-electron chi connectivity index (χ1n) is 4.30. The van der Waals surface area contributed by atoms with Crippen LogP contribution < -0.4 is 15.4 Å². The highest BCUT2D eigenvalue weighted by molar-refractivity contribution is 5.98. The molecule has 6 heteroatoms. The van der Waals surface area contributed by atoms with Crippen LogP contribution in [0.2, 0.25) is 0 Å². The van der Waals surface area contributed by atoms with Gasteiger partial charge in [0, 0.05) is 13.2 Å². The maximum atomic E-state index is 11.6. The molecule has 1 aromatic rings. The van der Waals surface area contributed by atoms with Crippen LogP contribution in [0.15, 0.2) is 18.5 Å². The zero-order valence-electron chi connectivity index (χ0n) is 8.21. The van der Waals surface area contributed by atoms with Gasteiger partial charge in [-0.15, -0.1) is 12.4 Å². The first-order valence-corrected chi connectivity index (χ1v) is 4.30. The van der Waals surface area contributed by atoms with Gasteiger partial charge >= 0.3 is 0 Å². The molecule has 1 aliphatic rings. The van der Waals surface area contributed by atoms with E-state index in [1.165, 1.54) is 4.90 Å². The summed E-state index contributed by atoms with van der Waals surface area (Å²) in [6.45, 7) is 0.196. The Morgan fingerprint density at radius 2 is 2.40 bits per heavy atom. The van der Waals surface area contributed by atoms with Gasteiger partial charge in [-0.2, -0.15) is 0 Å². The summed E-state index contributed by atoms with van der Waals surface area (Å²) in [6, 6.07) is 1.12. The van der Waals surface area contributed by atoms with Crippen LogP contribution in [0.4, 0.5) is 5.69 Å². The molecule has 0 unspecified atom stereocenters. The zero-order valence-corrected chi connectivity index (χ0v) is 9.03. The molecule has 0 saturated heterocycles. The molecule has 2 N–H and O–H groups in total. The van der Waals surface area contributed by atoms with E-state index in [4.69, 9.17) is 10.5 Å². The Kier molecular flexibility index (Phi) is 3.49. The van der Waals surface area contributed by atoms with Gasteiger partial charge in [-0.25, -0.2) is 0 Å². The molecule has 0 fully saturated rings. The molecule has 2 rings (SSSR count). The average Bonchev–Trinajstić information content (AvgIpc) is 2.32. The number of fused-ring (bicyclic) bond motifs is 1. The summed E-state index contributed by atoms with van der Waals surface area (Å²) >= 11 is 0. The molecule has 0 aliphatic carbocycles. The van der Waals surface area contributed by atoms with E-state index in [0.717, 1.165) is 0 Å². The molecule has 0 radical (unpaired) electrons. The first kappa shape index (κ1) is 11.7. The number of carbonyl (C=O) groups excluding carboxylic acids is 1. The van der Waals surface area contributed by atoms with Crippen LogP contribution in [0, 0.1) is 0 Å². The summed E-state index contributed by atoms with van der Waals surface area (Å²) in [7, 11) is 1.68. The Hall–Kier alpha value is -1.33. The summed E-state index contributed by atoms with van der Waals surface area (Å²) in [5, 5.41) is 0. The lowest BCUT2D eigenvalue weighted by atomic mass is 10.3. The summed E-state index contributed by atoms with van der Waals surface area (Å²) in [4.78, 5) is 17.0. The lowest BCUT2D eigenvalue weighted by Gasteiger charge is -2.16. The number of halogens is 1. The van der Waals surface area contributed by atoms with Crippen molar-refractivity contribution >= 4 is 24.0 Å². The zero-order chi connectivity index (χ0) is 10.1. The summed E-state index contributed by atoms with van der Waals surface area (Å²) in [5.41, 5.74) is 6.32. The van der Waals surface area contributed by atoms with E-state index in [1.54, 1.807) is 25.5 Å². The molecule has 2 heterocycles. The largest absolute Gasteiger partial charge is 0.488 e. The lowest BCUT2D eigenvalue weighted by Crippen LogP contribution is -2.43. The van der Waals surface area contributed by atoms with Gasteiger partial charge in [0.1, 0.15) is 12.6 Å². The molecule has 5 nitrogen and oxygen atoms in total. The third-order valence-corrected chi connectivity index (χ3v) is 2.19. The van der Waals surface area contributed by atoms with Gasteiger partial charge < -0.3 is 15.4 Å². The number of pyridine rings is 1. The topological polar surface area (TPSA) is 68.5 Å². The number of hydrogen-bond donors (Lipinski definition) is 1. The fourth-order valence-electron chi connectivity index (χ4n) is 1.38. The number of aromatic nitrogens is 1. The molecule has 1 aliphatic heterocycles. The fraction of sp³-hybridized carbons (Fsp3) is 0.333. The van der Waals surface area contributed by atoms with Gasteiger partial charge in [0.2, 0.25) is 5.91 Å². The van der Waals surface area contributed by atoms with Crippen LogP contribution in [0.25, 0.3) is 0 Å². The van der Waals surface area contributed by atoms with E-state index in [0.29, 0.717) is 11.4 Å². The van der Waals surface area contributed by atoms with Gasteiger partial charge in [-0.3, -0.25) is 9.78 Å². The lowest BCUT2D eigenvalue weighted by molar-refractivity contribution is -0.119. The van der Waals surface area contributed by atoms with Crippen molar-refractivity contribution in [2.24, 2.45) is 5.73 Å². The van der Waals surface area contributed by atoms with E-state index < -0.39 is 6.04 Å². The van der Waals surface area contributed by atoms with Gasteiger partial charge in [0.25, 0.3) is 0 Å². The van der Waals surface area contributed by atoms with Crippen molar-refractivity contribution in [3.8, 4) is 5.75 Å². The summed E-state index contributed by atoms with van der Waals surface area (Å²) in [5.74, 6) is 0.450. The third kappa shape index (κ3) is 2.03. The molecule has 1 aromatic heterocycles. The Morgan fingerprint density at radius 3 is 3.13 bits per heavy atom. The maximum absolute atomic E-state index is 11.6. The van der Waals surface area contributed by atoms with Gasteiger partial charge in [-0.05, 0) is 6.07 Å². The maximum Gasteiger partial charge on any atom is 0.247 e. The first-order chi connectivity index (χ1) is 6.70. The highest BCUT2D eigenvalue weighted by atomic mass is 35.5. The van der Waals surface area contributed by atoms with E-state index in [1.807, 2.05) is 0 Å². The van der Waals surface area contributed by atoms with Crippen molar-refractivity contribution in [3.63, 3.8) is 0 Å². The molecule has 15 heavy (non-hydrogen) atoms. The normalized spacial score (nSPS) is 19.7. The van der Waals surface area contributed by atoms with Crippen LogP contribution >= 0.6 is 12.4 Å². The molecule has 1 amide bonds. The second-order valence-electron chi connectivity index (χ2n) is 3.16. The van der Waals surface area contributed by atoms with Crippen molar-refractivity contribution in [1.82, 2.24) is 4.98 Å². The summed E-state index contributed by atoms with van der Waals surface area (Å²) in [6.07, 6.45) is 3.19. The van der Waals surface area contributed by atoms with Gasteiger partial charge in [0.15, 0.2) is 5.75 Å². The minimum absolute atomic E-state index is 0. The van der Waals surface area contributed by atoms with Crippen molar-refractivity contribution in [3.05, 3.63) is 18.5 Å². The van der Waals surface area contributed by atoms with Gasteiger partial charge in [-0.1, -0.05) is 0 Å². The molecular formula is C9H12ClN3O2. The Balaban J connectivity index is 0.00000112. The fourth-order valence-corrected chi connectivity index (χ4v) is 1.38. The predicted octanol–water partition coefficient (Wildman–Crippen LogP) is 0.186. The molecule has 0 bridgehead atoms.